The van der Waals surface area contributed by atoms with Gasteiger partial charge in [0.05, 0.1) is 0 Å². The Bertz CT molecular complexity index is 254. The zero-order valence-electron chi connectivity index (χ0n) is 13.4. The van der Waals surface area contributed by atoms with Gasteiger partial charge >= 0.3 is 0 Å². The molecule has 1 N–H and O–H groups in total. The van der Waals surface area contributed by atoms with Gasteiger partial charge in [0.2, 0.25) is 0 Å². The second-order valence-corrected chi connectivity index (χ2v) is 6.80. The maximum atomic E-state index is 3.93. The van der Waals surface area contributed by atoms with Crippen molar-refractivity contribution in [2.75, 3.05) is 19.6 Å². The van der Waals surface area contributed by atoms with Crippen LogP contribution in [0.15, 0.2) is 0 Å². The molecule has 1 heterocycles. The van der Waals surface area contributed by atoms with Crippen molar-refractivity contribution in [2.45, 2.75) is 83.7 Å². The summed E-state index contributed by atoms with van der Waals surface area (Å²) < 4.78 is 0. The Morgan fingerprint density at radius 1 is 1.05 bits per heavy atom. The van der Waals surface area contributed by atoms with E-state index in [-0.39, 0.29) is 0 Å². The molecule has 1 aliphatic carbocycles. The van der Waals surface area contributed by atoms with Crippen LogP contribution in [-0.2, 0) is 0 Å². The first-order chi connectivity index (χ1) is 9.24. The van der Waals surface area contributed by atoms with E-state index in [9.17, 15) is 0 Å². The largest absolute Gasteiger partial charge is 0.308 e. The van der Waals surface area contributed by atoms with Gasteiger partial charge in [-0.3, -0.25) is 4.90 Å². The Kier molecular flexibility index (Phi) is 5.70. The number of hydrogen-bond donors (Lipinski definition) is 1. The van der Waals surface area contributed by atoms with Crippen LogP contribution in [0.5, 0.6) is 0 Å². The van der Waals surface area contributed by atoms with Crippen molar-refractivity contribution in [3.05, 3.63) is 0 Å². The molecule has 19 heavy (non-hydrogen) atoms. The van der Waals surface area contributed by atoms with Crippen molar-refractivity contribution < 1.29 is 0 Å². The average molecular weight is 266 g/mol. The molecule has 2 nitrogen and oxygen atoms in total. The molecule has 0 radical (unpaired) electrons. The van der Waals surface area contributed by atoms with Crippen LogP contribution in [0.1, 0.15) is 72.1 Å². The van der Waals surface area contributed by atoms with Gasteiger partial charge in [-0.25, -0.2) is 0 Å². The van der Waals surface area contributed by atoms with Gasteiger partial charge in [-0.15, -0.1) is 0 Å². The van der Waals surface area contributed by atoms with Crippen molar-refractivity contribution in [1.29, 1.82) is 0 Å². The van der Waals surface area contributed by atoms with Crippen molar-refractivity contribution in [1.82, 2.24) is 10.2 Å². The summed E-state index contributed by atoms with van der Waals surface area (Å²) in [5, 5.41) is 3.93. The SMILES string of the molecule is CCCN1CC(CC)(CC)NCC1C1CCCCC1. The van der Waals surface area contributed by atoms with E-state index in [0.717, 1.165) is 12.0 Å². The molecule has 2 rings (SSSR count). The molecule has 1 aliphatic heterocycles. The molecular weight excluding hydrogens is 232 g/mol. The molecule has 112 valence electrons. The first-order valence-corrected chi connectivity index (χ1v) is 8.73. The van der Waals surface area contributed by atoms with Crippen LogP contribution in [0.4, 0.5) is 0 Å². The lowest BCUT2D eigenvalue weighted by molar-refractivity contribution is 0.0325. The first-order valence-electron chi connectivity index (χ1n) is 8.73. The minimum atomic E-state index is 0.389. The number of hydrogen-bond acceptors (Lipinski definition) is 2. The lowest BCUT2D eigenvalue weighted by Gasteiger charge is -2.50. The van der Waals surface area contributed by atoms with Gasteiger partial charge in [-0.2, -0.15) is 0 Å². The second kappa shape index (κ2) is 7.08. The highest BCUT2D eigenvalue weighted by Crippen LogP contribution is 2.33. The van der Waals surface area contributed by atoms with E-state index in [0.29, 0.717) is 5.54 Å². The fraction of sp³-hybridized carbons (Fsp3) is 1.00. The van der Waals surface area contributed by atoms with Crippen LogP contribution >= 0.6 is 0 Å². The molecule has 0 bridgehead atoms. The fourth-order valence-corrected chi connectivity index (χ4v) is 4.25. The molecule has 1 saturated carbocycles. The molecule has 0 aromatic rings. The molecule has 2 fully saturated rings. The Morgan fingerprint density at radius 2 is 1.74 bits per heavy atom. The lowest BCUT2D eigenvalue weighted by atomic mass is 9.79. The summed E-state index contributed by atoms with van der Waals surface area (Å²) in [7, 11) is 0. The van der Waals surface area contributed by atoms with Crippen LogP contribution in [0.2, 0.25) is 0 Å². The summed E-state index contributed by atoms with van der Waals surface area (Å²) in [5.41, 5.74) is 0.389. The van der Waals surface area contributed by atoms with Gasteiger partial charge in [0, 0.05) is 24.7 Å². The van der Waals surface area contributed by atoms with Gasteiger partial charge in [0.1, 0.15) is 0 Å². The molecule has 1 atom stereocenters. The fourth-order valence-electron chi connectivity index (χ4n) is 4.25. The molecular formula is C17H34N2. The highest BCUT2D eigenvalue weighted by molar-refractivity contribution is 4.98. The molecule has 1 unspecified atom stereocenters. The minimum Gasteiger partial charge on any atom is -0.308 e. The quantitative estimate of drug-likeness (QED) is 0.814. The van der Waals surface area contributed by atoms with E-state index in [4.69, 9.17) is 0 Å². The third-order valence-corrected chi connectivity index (χ3v) is 5.72. The van der Waals surface area contributed by atoms with E-state index < -0.39 is 0 Å². The average Bonchev–Trinajstić information content (AvgIpc) is 2.48. The predicted molar refractivity (Wildman–Crippen MR) is 83.5 cm³/mol. The lowest BCUT2D eigenvalue weighted by Crippen LogP contribution is -2.65. The summed E-state index contributed by atoms with van der Waals surface area (Å²) in [6, 6.07) is 0.812. The van der Waals surface area contributed by atoms with E-state index in [1.807, 2.05) is 0 Å². The number of rotatable bonds is 5. The van der Waals surface area contributed by atoms with Crippen molar-refractivity contribution in [3.8, 4) is 0 Å². The van der Waals surface area contributed by atoms with E-state index in [1.165, 1.54) is 71.0 Å². The molecule has 0 spiro atoms. The predicted octanol–water partition coefficient (Wildman–Crippen LogP) is 3.81. The van der Waals surface area contributed by atoms with Gasteiger partial charge < -0.3 is 5.32 Å². The summed E-state index contributed by atoms with van der Waals surface area (Å²) in [4.78, 5) is 2.83. The van der Waals surface area contributed by atoms with Crippen molar-refractivity contribution in [3.63, 3.8) is 0 Å². The Balaban J connectivity index is 2.03. The number of piperazine rings is 1. The number of nitrogens with zero attached hydrogens (tertiary/aromatic N) is 1. The van der Waals surface area contributed by atoms with Crippen LogP contribution in [0.25, 0.3) is 0 Å². The zero-order valence-corrected chi connectivity index (χ0v) is 13.4. The van der Waals surface area contributed by atoms with Gasteiger partial charge in [-0.05, 0) is 44.6 Å². The van der Waals surface area contributed by atoms with Gasteiger partial charge in [0.25, 0.3) is 0 Å². The Morgan fingerprint density at radius 3 is 2.32 bits per heavy atom. The van der Waals surface area contributed by atoms with Gasteiger partial charge in [-0.1, -0.05) is 40.0 Å². The highest BCUT2D eigenvalue weighted by atomic mass is 15.3. The first kappa shape index (κ1) is 15.3. The monoisotopic (exact) mass is 266 g/mol. The summed E-state index contributed by atoms with van der Waals surface area (Å²) in [6.45, 7) is 10.8. The summed E-state index contributed by atoms with van der Waals surface area (Å²) in [5.74, 6) is 0.958. The van der Waals surface area contributed by atoms with Crippen LogP contribution in [-0.4, -0.2) is 36.1 Å². The normalized spacial score (nSPS) is 29.5. The second-order valence-electron chi connectivity index (χ2n) is 6.80. The third kappa shape index (κ3) is 3.52. The molecule has 0 amide bonds. The van der Waals surface area contributed by atoms with E-state index >= 15 is 0 Å². The summed E-state index contributed by atoms with van der Waals surface area (Å²) >= 11 is 0. The smallest absolute Gasteiger partial charge is 0.0304 e. The van der Waals surface area contributed by atoms with Crippen LogP contribution in [0, 0.1) is 5.92 Å². The van der Waals surface area contributed by atoms with Crippen molar-refractivity contribution >= 4 is 0 Å². The molecule has 1 saturated heterocycles. The number of nitrogens with one attached hydrogen (secondary N) is 1. The van der Waals surface area contributed by atoms with Crippen molar-refractivity contribution in [2.24, 2.45) is 5.92 Å². The van der Waals surface area contributed by atoms with Gasteiger partial charge in [0.15, 0.2) is 0 Å². The van der Waals surface area contributed by atoms with Crippen LogP contribution < -0.4 is 5.32 Å². The Labute approximate surface area is 120 Å². The molecule has 0 aromatic carbocycles. The molecule has 0 aromatic heterocycles. The zero-order chi connectivity index (χ0) is 13.7. The maximum absolute atomic E-state index is 3.93. The Hall–Kier alpha value is -0.0800. The van der Waals surface area contributed by atoms with E-state index in [1.54, 1.807) is 0 Å². The standard InChI is InChI=1S/C17H34N2/c1-4-12-19-14-17(5-2,6-3)18-13-16(19)15-10-8-7-9-11-15/h15-16,18H,4-14H2,1-3H3. The maximum Gasteiger partial charge on any atom is 0.0304 e. The molecule has 2 aliphatic rings. The van der Waals surface area contributed by atoms with E-state index in [2.05, 4.69) is 31.0 Å². The highest BCUT2D eigenvalue weighted by Gasteiger charge is 2.39. The topological polar surface area (TPSA) is 15.3 Å². The summed E-state index contributed by atoms with van der Waals surface area (Å²) in [6.07, 6.45) is 11.2. The third-order valence-electron chi connectivity index (χ3n) is 5.72. The molecule has 2 heteroatoms. The minimum absolute atomic E-state index is 0.389. The van der Waals surface area contributed by atoms with Crippen LogP contribution in [0.3, 0.4) is 0 Å².